The van der Waals surface area contributed by atoms with Gasteiger partial charge in [-0.3, -0.25) is 0 Å². The molecular weight excluding hydrogens is 328 g/mol. The fourth-order valence-electron chi connectivity index (χ4n) is 3.58. The van der Waals surface area contributed by atoms with Crippen LogP contribution in [-0.2, 0) is 6.54 Å². The van der Waals surface area contributed by atoms with Gasteiger partial charge in [-0.25, -0.2) is 4.79 Å². The van der Waals surface area contributed by atoms with Crippen LogP contribution in [0.4, 0.5) is 4.79 Å². The zero-order valence-electron chi connectivity index (χ0n) is 15.4. The number of rotatable bonds is 4. The number of methoxy groups -OCH3 is 1. The lowest BCUT2D eigenvalue weighted by Gasteiger charge is -2.33. The third-order valence-corrected chi connectivity index (χ3v) is 5.02. The molecule has 0 spiro atoms. The van der Waals surface area contributed by atoms with Crippen LogP contribution < -0.4 is 10.1 Å². The first-order chi connectivity index (χ1) is 12.6. The average molecular weight is 354 g/mol. The van der Waals surface area contributed by atoms with E-state index in [0.29, 0.717) is 18.2 Å². The van der Waals surface area contributed by atoms with Crippen molar-refractivity contribution in [2.75, 3.05) is 20.2 Å². The lowest BCUT2D eigenvalue weighted by atomic mass is 9.88. The Hall–Kier alpha value is -2.69. The number of ether oxygens (including phenoxy) is 1. The molecule has 1 aliphatic rings. The van der Waals surface area contributed by atoms with E-state index in [9.17, 15) is 9.90 Å². The Balaban J connectivity index is 1.60. The molecule has 0 saturated carbocycles. The number of nitrogens with zero attached hydrogens (tertiary/aromatic N) is 1. The maximum absolute atomic E-state index is 12.6. The zero-order chi connectivity index (χ0) is 18.5. The number of amides is 2. The van der Waals surface area contributed by atoms with Crippen LogP contribution in [0.15, 0.2) is 42.5 Å². The summed E-state index contributed by atoms with van der Waals surface area (Å²) in [5.41, 5.74) is 3.52. The number of hydrogen-bond donors (Lipinski definition) is 2. The van der Waals surface area contributed by atoms with Crippen LogP contribution in [-0.4, -0.2) is 36.2 Å². The SMILES string of the molecule is COc1cc(CNC(=O)N2CCC[C@@H](c3ccccc3C)C2)ccc1O. The van der Waals surface area contributed by atoms with Gasteiger partial charge in [-0.1, -0.05) is 30.3 Å². The summed E-state index contributed by atoms with van der Waals surface area (Å²) in [6, 6.07) is 13.5. The lowest BCUT2D eigenvalue weighted by molar-refractivity contribution is 0.179. The number of aromatic hydroxyl groups is 1. The molecule has 2 aromatic rings. The number of carbonyl (C=O) groups excluding carboxylic acids is 1. The summed E-state index contributed by atoms with van der Waals surface area (Å²) >= 11 is 0. The van der Waals surface area contributed by atoms with Gasteiger partial charge in [0.15, 0.2) is 11.5 Å². The van der Waals surface area contributed by atoms with Gasteiger partial charge in [0.05, 0.1) is 7.11 Å². The summed E-state index contributed by atoms with van der Waals surface area (Å²) in [4.78, 5) is 14.5. The van der Waals surface area contributed by atoms with Crippen molar-refractivity contribution in [2.24, 2.45) is 0 Å². The van der Waals surface area contributed by atoms with Crippen LogP contribution >= 0.6 is 0 Å². The van der Waals surface area contributed by atoms with E-state index < -0.39 is 0 Å². The van der Waals surface area contributed by atoms with Crippen LogP contribution in [0.25, 0.3) is 0 Å². The average Bonchev–Trinajstić information content (AvgIpc) is 2.67. The third-order valence-electron chi connectivity index (χ3n) is 5.02. The molecule has 1 fully saturated rings. The van der Waals surface area contributed by atoms with Crippen molar-refractivity contribution in [3.63, 3.8) is 0 Å². The highest BCUT2D eigenvalue weighted by molar-refractivity contribution is 5.74. The summed E-state index contributed by atoms with van der Waals surface area (Å²) in [6.45, 7) is 4.07. The second-order valence-corrected chi connectivity index (χ2v) is 6.81. The monoisotopic (exact) mass is 354 g/mol. The second kappa shape index (κ2) is 8.13. The highest BCUT2D eigenvalue weighted by Crippen LogP contribution is 2.29. The highest BCUT2D eigenvalue weighted by Gasteiger charge is 2.25. The van der Waals surface area contributed by atoms with E-state index in [2.05, 4.69) is 36.5 Å². The Kier molecular flexibility index (Phi) is 5.66. The molecular formula is C21H26N2O3. The van der Waals surface area contributed by atoms with Crippen molar-refractivity contribution in [1.82, 2.24) is 10.2 Å². The third kappa shape index (κ3) is 4.10. The Morgan fingerprint density at radius 2 is 2.12 bits per heavy atom. The van der Waals surface area contributed by atoms with Crippen molar-refractivity contribution in [3.8, 4) is 11.5 Å². The maximum atomic E-state index is 12.6. The molecule has 3 rings (SSSR count). The van der Waals surface area contributed by atoms with Crippen LogP contribution in [0.5, 0.6) is 11.5 Å². The van der Waals surface area contributed by atoms with Crippen molar-refractivity contribution in [3.05, 3.63) is 59.2 Å². The molecule has 1 heterocycles. The fourth-order valence-corrected chi connectivity index (χ4v) is 3.58. The molecule has 26 heavy (non-hydrogen) atoms. The van der Waals surface area contributed by atoms with Gasteiger partial charge in [0.2, 0.25) is 0 Å². The molecule has 0 aromatic heterocycles. The molecule has 2 aromatic carbocycles. The van der Waals surface area contributed by atoms with E-state index in [1.54, 1.807) is 18.2 Å². The first kappa shape index (κ1) is 18.1. The Labute approximate surface area is 154 Å². The topological polar surface area (TPSA) is 61.8 Å². The Bertz CT molecular complexity index is 776. The minimum Gasteiger partial charge on any atom is -0.504 e. The largest absolute Gasteiger partial charge is 0.504 e. The van der Waals surface area contributed by atoms with Gasteiger partial charge < -0.3 is 20.1 Å². The molecule has 1 atom stereocenters. The molecule has 5 nitrogen and oxygen atoms in total. The quantitative estimate of drug-likeness (QED) is 0.878. The highest BCUT2D eigenvalue weighted by atomic mass is 16.5. The summed E-state index contributed by atoms with van der Waals surface area (Å²) in [5.74, 6) is 0.901. The standard InChI is InChI=1S/C21H26N2O3/c1-15-6-3-4-8-18(15)17-7-5-11-23(14-17)21(25)22-13-16-9-10-19(24)20(12-16)26-2/h3-4,6,8-10,12,17,24H,5,7,11,13-14H2,1-2H3,(H,22,25)/t17-/m1/s1. The number of piperidine rings is 1. The first-order valence-electron chi connectivity index (χ1n) is 9.02. The second-order valence-electron chi connectivity index (χ2n) is 6.81. The number of benzene rings is 2. The van der Waals surface area contributed by atoms with Gasteiger partial charge in [0, 0.05) is 25.6 Å². The summed E-state index contributed by atoms with van der Waals surface area (Å²) in [6.07, 6.45) is 2.13. The number of urea groups is 1. The lowest BCUT2D eigenvalue weighted by Crippen LogP contribution is -2.44. The van der Waals surface area contributed by atoms with E-state index in [4.69, 9.17) is 4.74 Å². The van der Waals surface area contributed by atoms with Crippen molar-refractivity contribution < 1.29 is 14.6 Å². The number of phenolic OH excluding ortho intramolecular Hbond substituents is 1. The van der Waals surface area contributed by atoms with E-state index in [1.165, 1.54) is 18.2 Å². The number of nitrogens with one attached hydrogen (secondary N) is 1. The van der Waals surface area contributed by atoms with E-state index in [-0.39, 0.29) is 11.8 Å². The maximum Gasteiger partial charge on any atom is 0.317 e. The summed E-state index contributed by atoms with van der Waals surface area (Å²) < 4.78 is 5.11. The molecule has 0 unspecified atom stereocenters. The van der Waals surface area contributed by atoms with Crippen molar-refractivity contribution >= 4 is 6.03 Å². The molecule has 2 N–H and O–H groups in total. The van der Waals surface area contributed by atoms with Crippen LogP contribution in [0, 0.1) is 6.92 Å². The zero-order valence-corrected chi connectivity index (χ0v) is 15.4. The van der Waals surface area contributed by atoms with Gasteiger partial charge in [0.25, 0.3) is 0 Å². The first-order valence-corrected chi connectivity index (χ1v) is 9.02. The number of carbonyl (C=O) groups is 1. The molecule has 0 bridgehead atoms. The molecule has 1 saturated heterocycles. The van der Waals surface area contributed by atoms with Crippen molar-refractivity contribution in [2.45, 2.75) is 32.2 Å². The number of aryl methyl sites for hydroxylation is 1. The van der Waals surface area contributed by atoms with Gasteiger partial charge in [-0.2, -0.15) is 0 Å². The molecule has 2 amide bonds. The summed E-state index contributed by atoms with van der Waals surface area (Å²) in [7, 11) is 1.51. The minimum absolute atomic E-state index is 0.0460. The number of phenols is 1. The van der Waals surface area contributed by atoms with E-state index in [1.807, 2.05) is 4.90 Å². The molecule has 0 radical (unpaired) electrons. The minimum atomic E-state index is -0.0460. The summed E-state index contributed by atoms with van der Waals surface area (Å²) in [5, 5.41) is 12.6. The van der Waals surface area contributed by atoms with Gasteiger partial charge >= 0.3 is 6.03 Å². The van der Waals surface area contributed by atoms with Crippen LogP contribution in [0.2, 0.25) is 0 Å². The van der Waals surface area contributed by atoms with Crippen molar-refractivity contribution in [1.29, 1.82) is 0 Å². The van der Waals surface area contributed by atoms with Crippen LogP contribution in [0.1, 0.15) is 35.4 Å². The fraction of sp³-hybridized carbons (Fsp3) is 0.381. The molecule has 5 heteroatoms. The number of likely N-dealkylation sites (tertiary alicyclic amines) is 1. The Morgan fingerprint density at radius 3 is 2.88 bits per heavy atom. The predicted octanol–water partition coefficient (Wildman–Crippen LogP) is 3.80. The van der Waals surface area contributed by atoms with Gasteiger partial charge in [-0.15, -0.1) is 0 Å². The molecule has 0 aliphatic carbocycles. The van der Waals surface area contributed by atoms with Gasteiger partial charge in [-0.05, 0) is 48.6 Å². The predicted molar refractivity (Wildman–Crippen MR) is 102 cm³/mol. The van der Waals surface area contributed by atoms with E-state index in [0.717, 1.165) is 31.5 Å². The Morgan fingerprint density at radius 1 is 1.31 bits per heavy atom. The van der Waals surface area contributed by atoms with Crippen LogP contribution in [0.3, 0.4) is 0 Å². The van der Waals surface area contributed by atoms with E-state index >= 15 is 0 Å². The van der Waals surface area contributed by atoms with Gasteiger partial charge in [0.1, 0.15) is 0 Å². The molecule has 1 aliphatic heterocycles. The number of hydrogen-bond acceptors (Lipinski definition) is 3. The smallest absolute Gasteiger partial charge is 0.317 e. The molecule has 138 valence electrons. The normalized spacial score (nSPS) is 17.0.